The van der Waals surface area contributed by atoms with E-state index in [1.54, 1.807) is 18.2 Å². The molecule has 39 heavy (non-hydrogen) atoms. The summed E-state index contributed by atoms with van der Waals surface area (Å²) in [6.45, 7) is 10.0. The van der Waals surface area contributed by atoms with E-state index in [-0.39, 0.29) is 18.7 Å². The quantitative estimate of drug-likeness (QED) is 0.231. The highest BCUT2D eigenvalue weighted by Crippen LogP contribution is 2.39. The lowest BCUT2D eigenvalue weighted by atomic mass is 9.99. The molecule has 0 fully saturated rings. The maximum absolute atomic E-state index is 9.49. The van der Waals surface area contributed by atoms with Gasteiger partial charge in [0.25, 0.3) is 0 Å². The first kappa shape index (κ1) is 32.6. The number of nitrogens with zero attached hydrogens (tertiary/aromatic N) is 2. The summed E-state index contributed by atoms with van der Waals surface area (Å²) in [5.41, 5.74) is 4.35. The summed E-state index contributed by atoms with van der Waals surface area (Å²) in [6, 6.07) is 10.7. The van der Waals surface area contributed by atoms with Gasteiger partial charge in [0.15, 0.2) is 0 Å². The molecule has 0 aliphatic heterocycles. The number of aromatic nitrogens is 2. The molecule has 0 saturated carbocycles. The van der Waals surface area contributed by atoms with Gasteiger partial charge in [-0.15, -0.1) is 0 Å². The second-order valence-corrected chi connectivity index (χ2v) is 10.5. The zero-order chi connectivity index (χ0) is 29.3. The van der Waals surface area contributed by atoms with E-state index in [0.29, 0.717) is 48.6 Å². The molecule has 7 nitrogen and oxygen atoms in total. The fourth-order valence-electron chi connectivity index (χ4n) is 3.89. The van der Waals surface area contributed by atoms with Gasteiger partial charge in [-0.1, -0.05) is 103 Å². The predicted octanol–water partition coefficient (Wildman–Crippen LogP) is 9.01. The SMILES string of the molecule is CC(C)c1onc(-c2c(Cl)cccc2Cl)c1CO.CCc1c(-c2c(Cl)cccc2Cl)noc1C(C)C.O=C=O. The molecule has 1 N–H and O–H groups in total. The number of aliphatic hydroxyl groups is 1. The van der Waals surface area contributed by atoms with Crippen LogP contribution in [0.3, 0.4) is 0 Å². The number of rotatable bonds is 6. The Morgan fingerprint density at radius 1 is 0.744 bits per heavy atom. The van der Waals surface area contributed by atoms with Gasteiger partial charge >= 0.3 is 6.15 Å². The molecule has 11 heteroatoms. The summed E-state index contributed by atoms with van der Waals surface area (Å²) in [5, 5.41) is 19.8. The third kappa shape index (κ3) is 7.73. The molecule has 0 aliphatic carbocycles. The molecular formula is C28H28Cl4N2O5. The summed E-state index contributed by atoms with van der Waals surface area (Å²) in [4.78, 5) is 16.2. The maximum Gasteiger partial charge on any atom is 0.373 e. The van der Waals surface area contributed by atoms with Crippen LogP contribution in [0, 0.1) is 0 Å². The van der Waals surface area contributed by atoms with Crippen LogP contribution in [0.5, 0.6) is 0 Å². The Morgan fingerprint density at radius 2 is 1.08 bits per heavy atom. The van der Waals surface area contributed by atoms with E-state index in [4.69, 9.17) is 65.0 Å². The zero-order valence-electron chi connectivity index (χ0n) is 22.0. The number of halogens is 4. The highest BCUT2D eigenvalue weighted by molar-refractivity contribution is 6.39. The minimum Gasteiger partial charge on any atom is -0.391 e. The van der Waals surface area contributed by atoms with Gasteiger partial charge in [0.2, 0.25) is 0 Å². The largest absolute Gasteiger partial charge is 0.391 e. The molecule has 4 rings (SSSR count). The van der Waals surface area contributed by atoms with Crippen molar-refractivity contribution in [3.63, 3.8) is 0 Å². The first-order valence-corrected chi connectivity index (χ1v) is 13.5. The van der Waals surface area contributed by atoms with E-state index in [1.165, 1.54) is 0 Å². The Hall–Kier alpha value is -2.64. The molecule has 0 aliphatic rings. The van der Waals surface area contributed by atoms with Crippen molar-refractivity contribution in [2.24, 2.45) is 0 Å². The minimum absolute atomic E-state index is 0.134. The summed E-state index contributed by atoms with van der Waals surface area (Å²) in [6.07, 6.45) is 1.09. The van der Waals surface area contributed by atoms with Crippen LogP contribution >= 0.6 is 46.4 Å². The van der Waals surface area contributed by atoms with Crippen molar-refractivity contribution in [1.82, 2.24) is 10.3 Å². The molecule has 0 atom stereocenters. The first-order valence-electron chi connectivity index (χ1n) is 12.0. The van der Waals surface area contributed by atoms with Gasteiger partial charge in [0.1, 0.15) is 22.9 Å². The van der Waals surface area contributed by atoms with Crippen LogP contribution in [0.2, 0.25) is 20.1 Å². The number of hydrogen-bond acceptors (Lipinski definition) is 7. The highest BCUT2D eigenvalue weighted by Gasteiger charge is 2.23. The summed E-state index contributed by atoms with van der Waals surface area (Å²) in [5.74, 6) is 1.99. The van der Waals surface area contributed by atoms with Gasteiger partial charge in [-0.2, -0.15) is 9.59 Å². The van der Waals surface area contributed by atoms with E-state index in [2.05, 4.69) is 31.1 Å². The van der Waals surface area contributed by atoms with Crippen molar-refractivity contribution < 1.29 is 23.7 Å². The Kier molecular flexibility index (Phi) is 12.7. The smallest absolute Gasteiger partial charge is 0.373 e. The number of aliphatic hydroxyl groups excluding tert-OH is 1. The Balaban J connectivity index is 0.000000249. The van der Waals surface area contributed by atoms with Gasteiger partial charge in [0.05, 0.1) is 26.7 Å². The molecule has 0 unspecified atom stereocenters. The third-order valence-electron chi connectivity index (χ3n) is 5.60. The van der Waals surface area contributed by atoms with Gasteiger partial charge in [0, 0.05) is 34.1 Å². The average molecular weight is 614 g/mol. The average Bonchev–Trinajstić information content (AvgIpc) is 3.49. The lowest BCUT2D eigenvalue weighted by Gasteiger charge is -2.06. The van der Waals surface area contributed by atoms with Crippen molar-refractivity contribution in [1.29, 1.82) is 0 Å². The van der Waals surface area contributed by atoms with Gasteiger partial charge in [-0.05, 0) is 30.7 Å². The first-order chi connectivity index (χ1) is 18.5. The highest BCUT2D eigenvalue weighted by atomic mass is 35.5. The molecule has 4 aromatic rings. The fourth-order valence-corrected chi connectivity index (χ4v) is 5.04. The Bertz CT molecular complexity index is 1280. The Labute approximate surface area is 247 Å². The monoisotopic (exact) mass is 612 g/mol. The van der Waals surface area contributed by atoms with Crippen molar-refractivity contribution in [3.05, 3.63) is 79.1 Å². The van der Waals surface area contributed by atoms with Crippen molar-refractivity contribution >= 4 is 52.6 Å². The number of hydrogen-bond donors (Lipinski definition) is 1. The Morgan fingerprint density at radius 3 is 1.38 bits per heavy atom. The topological polar surface area (TPSA) is 106 Å². The van der Waals surface area contributed by atoms with Crippen LogP contribution < -0.4 is 0 Å². The van der Waals surface area contributed by atoms with E-state index < -0.39 is 0 Å². The summed E-state index contributed by atoms with van der Waals surface area (Å²) >= 11 is 24.7. The zero-order valence-corrected chi connectivity index (χ0v) is 25.0. The standard InChI is InChI=1S/C14H15Cl2NO.C13H13Cl2NO2.CO2/c1-4-9-13(17-18-14(9)8(2)3)12-10(15)6-5-7-11(12)16;1-7(2)13-8(6-17)12(16-18-13)11-9(14)4-3-5-10(11)15;2-1-3/h5-8H,4H2,1-3H3;3-5,7,17H,6H2,1-2H3;. The second kappa shape index (κ2) is 15.2. The van der Waals surface area contributed by atoms with E-state index in [9.17, 15) is 5.11 Å². The van der Waals surface area contributed by atoms with Crippen LogP contribution in [0.4, 0.5) is 0 Å². The third-order valence-corrected chi connectivity index (χ3v) is 6.86. The van der Waals surface area contributed by atoms with Crippen molar-refractivity contribution in [2.45, 2.75) is 59.5 Å². The maximum atomic E-state index is 9.49. The normalized spacial score (nSPS) is 10.6. The fraction of sp³-hybridized carbons (Fsp3) is 0.321. The molecule has 2 aromatic carbocycles. The van der Waals surface area contributed by atoms with E-state index in [0.717, 1.165) is 29.0 Å². The minimum atomic E-state index is -0.159. The van der Waals surface area contributed by atoms with Crippen molar-refractivity contribution in [3.8, 4) is 22.5 Å². The predicted molar refractivity (Wildman–Crippen MR) is 152 cm³/mol. The summed E-state index contributed by atoms with van der Waals surface area (Å²) < 4.78 is 10.7. The molecule has 0 bridgehead atoms. The number of carbonyl (C=O) groups excluding carboxylic acids is 2. The molecular weight excluding hydrogens is 586 g/mol. The molecule has 2 heterocycles. The van der Waals surface area contributed by atoms with Crippen LogP contribution in [-0.4, -0.2) is 21.6 Å². The van der Waals surface area contributed by atoms with E-state index >= 15 is 0 Å². The van der Waals surface area contributed by atoms with Crippen LogP contribution in [-0.2, 0) is 22.6 Å². The molecule has 0 saturated heterocycles. The molecule has 2 aromatic heterocycles. The van der Waals surface area contributed by atoms with E-state index in [1.807, 2.05) is 32.0 Å². The van der Waals surface area contributed by atoms with Crippen LogP contribution in [0.15, 0.2) is 45.4 Å². The summed E-state index contributed by atoms with van der Waals surface area (Å²) in [7, 11) is 0. The number of benzene rings is 2. The van der Waals surface area contributed by atoms with Crippen LogP contribution in [0.1, 0.15) is 69.1 Å². The lowest BCUT2D eigenvalue weighted by Crippen LogP contribution is -1.94. The lowest BCUT2D eigenvalue weighted by molar-refractivity contribution is -0.191. The van der Waals surface area contributed by atoms with Gasteiger partial charge in [-0.3, -0.25) is 0 Å². The molecule has 0 spiro atoms. The molecule has 208 valence electrons. The van der Waals surface area contributed by atoms with Gasteiger partial charge < -0.3 is 14.2 Å². The van der Waals surface area contributed by atoms with Crippen molar-refractivity contribution in [2.75, 3.05) is 0 Å². The van der Waals surface area contributed by atoms with Gasteiger partial charge in [-0.25, -0.2) is 0 Å². The van der Waals surface area contributed by atoms with Crippen LogP contribution in [0.25, 0.3) is 22.5 Å². The second-order valence-electron chi connectivity index (χ2n) is 8.85. The molecule has 0 radical (unpaired) electrons. The molecule has 0 amide bonds.